The van der Waals surface area contributed by atoms with Crippen LogP contribution in [0.25, 0.3) is 0 Å². The van der Waals surface area contributed by atoms with Gasteiger partial charge in [-0.25, -0.2) is 0 Å². The van der Waals surface area contributed by atoms with E-state index in [1.54, 1.807) is 39.0 Å². The van der Waals surface area contributed by atoms with Gasteiger partial charge in [0.25, 0.3) is 5.91 Å². The molecule has 2 amide bonds. The quantitative estimate of drug-likeness (QED) is 0.228. The molecule has 1 atom stereocenters. The number of ketones is 1. The number of carbonyl (C=O) groups is 3. The predicted octanol–water partition coefficient (Wildman–Crippen LogP) is 7.17. The molecule has 1 aliphatic heterocycles. The minimum Gasteiger partial charge on any atom is -0.493 e. The number of rotatable bonds is 11. The molecule has 7 heteroatoms. The molecule has 218 valence electrons. The average molecular weight is 551 g/mol. The van der Waals surface area contributed by atoms with E-state index in [9.17, 15) is 14.4 Å². The highest BCUT2D eigenvalue weighted by molar-refractivity contribution is 6.13. The first-order valence-corrected chi connectivity index (χ1v) is 14.3. The van der Waals surface area contributed by atoms with Gasteiger partial charge in [-0.05, 0) is 59.9 Å². The molecule has 1 aliphatic rings. The SMILES string of the molecule is CCC(C)(C)c1ccc(OCCCC(=O)Nc2ccc3c(c2)NC(=O)C(C(=O)C(C)(C)C)O3)c(C(C)(C)CC)c1. The molecule has 2 aromatic carbocycles. The molecule has 0 saturated carbocycles. The first kappa shape index (κ1) is 31.2. The number of nitrogens with one attached hydrogen (secondary N) is 2. The highest BCUT2D eigenvalue weighted by Gasteiger charge is 2.39. The molecular formula is C33H46N2O5. The van der Waals surface area contributed by atoms with E-state index in [4.69, 9.17) is 9.47 Å². The summed E-state index contributed by atoms with van der Waals surface area (Å²) in [5.41, 5.74) is 2.81. The zero-order valence-electron chi connectivity index (χ0n) is 25.6. The van der Waals surface area contributed by atoms with Crippen LogP contribution in [0.5, 0.6) is 11.5 Å². The van der Waals surface area contributed by atoms with Crippen LogP contribution < -0.4 is 20.1 Å². The number of ether oxygens (including phenoxy) is 2. The first-order valence-electron chi connectivity index (χ1n) is 14.3. The minimum absolute atomic E-state index is 0.0296. The number of fused-ring (bicyclic) bond motifs is 1. The molecule has 0 radical (unpaired) electrons. The van der Waals surface area contributed by atoms with Gasteiger partial charge in [0.1, 0.15) is 11.5 Å². The predicted molar refractivity (Wildman–Crippen MR) is 160 cm³/mol. The summed E-state index contributed by atoms with van der Waals surface area (Å²) < 4.78 is 11.9. The zero-order valence-corrected chi connectivity index (χ0v) is 25.6. The Morgan fingerprint density at radius 3 is 2.25 bits per heavy atom. The van der Waals surface area contributed by atoms with Gasteiger partial charge in [-0.2, -0.15) is 0 Å². The van der Waals surface area contributed by atoms with Crippen LogP contribution in [0.4, 0.5) is 11.4 Å². The van der Waals surface area contributed by atoms with Gasteiger partial charge < -0.3 is 20.1 Å². The van der Waals surface area contributed by atoms with Gasteiger partial charge in [-0.1, -0.05) is 74.4 Å². The van der Waals surface area contributed by atoms with Gasteiger partial charge in [0.2, 0.25) is 12.0 Å². The number of anilines is 2. The van der Waals surface area contributed by atoms with E-state index in [0.29, 0.717) is 30.2 Å². The molecule has 2 aromatic rings. The van der Waals surface area contributed by atoms with Crippen LogP contribution in [0.15, 0.2) is 36.4 Å². The molecule has 0 spiro atoms. The zero-order chi connectivity index (χ0) is 29.9. The number of hydrogen-bond donors (Lipinski definition) is 2. The van der Waals surface area contributed by atoms with Crippen LogP contribution in [-0.2, 0) is 25.2 Å². The molecule has 3 rings (SSSR count). The maximum Gasteiger partial charge on any atom is 0.273 e. The summed E-state index contributed by atoms with van der Waals surface area (Å²) in [5, 5.41) is 5.60. The van der Waals surface area contributed by atoms with Crippen molar-refractivity contribution in [1.29, 1.82) is 0 Å². The topological polar surface area (TPSA) is 93.7 Å². The summed E-state index contributed by atoms with van der Waals surface area (Å²) >= 11 is 0. The van der Waals surface area contributed by atoms with Gasteiger partial charge >= 0.3 is 0 Å². The maximum absolute atomic E-state index is 12.6. The lowest BCUT2D eigenvalue weighted by molar-refractivity contribution is -0.141. The Morgan fingerprint density at radius 2 is 1.62 bits per heavy atom. The van der Waals surface area contributed by atoms with Crippen LogP contribution in [0.2, 0.25) is 0 Å². The number of Topliss-reactive ketones (excluding diaryl/α,β-unsaturated/α-hetero) is 1. The van der Waals surface area contributed by atoms with Crippen molar-refractivity contribution in [1.82, 2.24) is 0 Å². The number of hydrogen-bond acceptors (Lipinski definition) is 5. The molecule has 2 N–H and O–H groups in total. The Morgan fingerprint density at radius 1 is 0.950 bits per heavy atom. The van der Waals surface area contributed by atoms with Crippen molar-refractivity contribution in [2.75, 3.05) is 17.2 Å². The molecule has 40 heavy (non-hydrogen) atoms. The van der Waals surface area contributed by atoms with E-state index in [-0.39, 0.29) is 28.9 Å². The van der Waals surface area contributed by atoms with Crippen molar-refractivity contribution in [3.8, 4) is 11.5 Å². The second-order valence-electron chi connectivity index (χ2n) is 13.0. The second-order valence-corrected chi connectivity index (χ2v) is 13.0. The lowest BCUT2D eigenvalue weighted by atomic mass is 9.76. The number of amides is 2. The lowest BCUT2D eigenvalue weighted by Gasteiger charge is -2.30. The molecule has 1 unspecified atom stereocenters. The normalized spacial score (nSPS) is 15.5. The van der Waals surface area contributed by atoms with Crippen molar-refractivity contribution >= 4 is 29.0 Å². The van der Waals surface area contributed by atoms with E-state index in [2.05, 4.69) is 70.4 Å². The van der Waals surface area contributed by atoms with Crippen LogP contribution in [0.3, 0.4) is 0 Å². The van der Waals surface area contributed by atoms with Crippen molar-refractivity contribution < 1.29 is 23.9 Å². The fourth-order valence-corrected chi connectivity index (χ4v) is 4.39. The monoisotopic (exact) mass is 550 g/mol. The Kier molecular flexibility index (Phi) is 9.38. The Balaban J connectivity index is 1.58. The average Bonchev–Trinajstić information content (AvgIpc) is 2.89. The van der Waals surface area contributed by atoms with Gasteiger partial charge in [-0.15, -0.1) is 0 Å². The molecule has 0 fully saturated rings. The third-order valence-corrected chi connectivity index (χ3v) is 8.05. The molecule has 7 nitrogen and oxygen atoms in total. The summed E-state index contributed by atoms with van der Waals surface area (Å²) in [5.74, 6) is 0.317. The van der Waals surface area contributed by atoms with Crippen LogP contribution in [0.1, 0.15) is 99.1 Å². The van der Waals surface area contributed by atoms with Crippen LogP contribution in [-0.4, -0.2) is 30.3 Å². The van der Waals surface area contributed by atoms with Crippen molar-refractivity contribution in [3.05, 3.63) is 47.5 Å². The van der Waals surface area contributed by atoms with Crippen molar-refractivity contribution in [2.24, 2.45) is 5.41 Å². The third-order valence-electron chi connectivity index (χ3n) is 8.05. The fraction of sp³-hybridized carbons (Fsp3) is 0.545. The van der Waals surface area contributed by atoms with Gasteiger partial charge in [0, 0.05) is 23.1 Å². The fourth-order valence-electron chi connectivity index (χ4n) is 4.39. The summed E-state index contributed by atoms with van der Waals surface area (Å²) in [6.45, 7) is 19.1. The number of benzene rings is 2. The molecule has 0 aliphatic carbocycles. The summed E-state index contributed by atoms with van der Waals surface area (Å²) in [4.78, 5) is 37.7. The lowest BCUT2D eigenvalue weighted by Crippen LogP contribution is -2.47. The standard InChI is InChI=1S/C33H46N2O5/c1-10-32(6,7)21-14-16-25(23(19-21)33(8,9)11-2)39-18-12-13-27(36)34-22-15-17-26-24(20-22)35-30(38)28(40-26)29(37)31(3,4)5/h14-17,19-20,28H,10-13,18H2,1-9H3,(H,34,36)(H,35,38). The highest BCUT2D eigenvalue weighted by Crippen LogP contribution is 2.39. The van der Waals surface area contributed by atoms with Gasteiger partial charge in [0.05, 0.1) is 12.3 Å². The van der Waals surface area contributed by atoms with Crippen molar-refractivity contribution in [2.45, 2.75) is 105 Å². The Bertz CT molecular complexity index is 1260. The minimum atomic E-state index is -1.19. The van der Waals surface area contributed by atoms with Crippen LogP contribution in [0, 0.1) is 5.41 Å². The highest BCUT2D eigenvalue weighted by atomic mass is 16.5. The van der Waals surface area contributed by atoms with E-state index in [1.807, 2.05) is 0 Å². The van der Waals surface area contributed by atoms with E-state index in [1.165, 1.54) is 11.1 Å². The van der Waals surface area contributed by atoms with E-state index >= 15 is 0 Å². The van der Waals surface area contributed by atoms with E-state index in [0.717, 1.165) is 18.6 Å². The Labute approximate surface area is 239 Å². The van der Waals surface area contributed by atoms with Crippen molar-refractivity contribution in [3.63, 3.8) is 0 Å². The van der Waals surface area contributed by atoms with Crippen LogP contribution >= 0.6 is 0 Å². The van der Waals surface area contributed by atoms with E-state index < -0.39 is 17.4 Å². The van der Waals surface area contributed by atoms with Gasteiger partial charge in [-0.3, -0.25) is 14.4 Å². The summed E-state index contributed by atoms with van der Waals surface area (Å²) in [6, 6.07) is 11.5. The number of carbonyl (C=O) groups excluding carboxylic acids is 3. The molecule has 0 saturated heterocycles. The maximum atomic E-state index is 12.6. The summed E-state index contributed by atoms with van der Waals surface area (Å²) in [6.07, 6.45) is 1.69. The molecule has 0 bridgehead atoms. The molecule has 1 heterocycles. The smallest absolute Gasteiger partial charge is 0.273 e. The molecular weight excluding hydrogens is 504 g/mol. The molecule has 0 aromatic heterocycles. The second kappa shape index (κ2) is 12.0. The summed E-state index contributed by atoms with van der Waals surface area (Å²) in [7, 11) is 0. The largest absolute Gasteiger partial charge is 0.493 e. The third kappa shape index (κ3) is 7.23. The van der Waals surface area contributed by atoms with Gasteiger partial charge in [0.15, 0.2) is 5.78 Å². The first-order chi connectivity index (χ1) is 18.6. The Hall–Kier alpha value is -3.35.